The van der Waals surface area contributed by atoms with Gasteiger partial charge >= 0.3 is 0 Å². The lowest BCUT2D eigenvalue weighted by atomic mass is 10.1. The molecule has 0 aliphatic heterocycles. The van der Waals surface area contributed by atoms with Crippen molar-refractivity contribution in [1.29, 1.82) is 0 Å². The largest absolute Gasteiger partial charge is 0.485 e. The van der Waals surface area contributed by atoms with Gasteiger partial charge in [-0.05, 0) is 32.0 Å². The van der Waals surface area contributed by atoms with Crippen molar-refractivity contribution in [2.24, 2.45) is 7.05 Å². The Morgan fingerprint density at radius 3 is 2.52 bits per heavy atom. The molecule has 0 atom stereocenters. The second-order valence-electron chi connectivity index (χ2n) is 5.45. The Kier molecular flexibility index (Phi) is 4.36. The van der Waals surface area contributed by atoms with Crippen LogP contribution in [0.25, 0.3) is 0 Å². The van der Waals surface area contributed by atoms with Crippen molar-refractivity contribution in [2.75, 3.05) is 25.6 Å². The standard InChI is InChI=1S/C17H22N2O2/c1-12-9-16(13(2)19(12)5)17(20)11-21-15-8-6-7-14(10-15)18(3)4/h6-10H,11H2,1-5H3. The summed E-state index contributed by atoms with van der Waals surface area (Å²) in [6, 6.07) is 9.63. The predicted octanol–water partition coefficient (Wildman–Crippen LogP) is 2.97. The van der Waals surface area contributed by atoms with Crippen LogP contribution in [0.5, 0.6) is 5.75 Å². The molecule has 21 heavy (non-hydrogen) atoms. The number of rotatable bonds is 5. The zero-order valence-corrected chi connectivity index (χ0v) is 13.3. The number of hydrogen-bond donors (Lipinski definition) is 0. The second kappa shape index (κ2) is 6.04. The summed E-state index contributed by atoms with van der Waals surface area (Å²) in [5, 5.41) is 0. The van der Waals surface area contributed by atoms with Crippen LogP contribution in [0.1, 0.15) is 21.7 Å². The van der Waals surface area contributed by atoms with Crippen molar-refractivity contribution in [3.63, 3.8) is 0 Å². The molecule has 2 rings (SSSR count). The van der Waals surface area contributed by atoms with Gasteiger partial charge in [0.15, 0.2) is 6.61 Å². The van der Waals surface area contributed by atoms with Gasteiger partial charge in [0.25, 0.3) is 0 Å². The average Bonchev–Trinajstić information content (AvgIpc) is 2.73. The first-order chi connectivity index (χ1) is 9.90. The van der Waals surface area contributed by atoms with Crippen LogP contribution in [0.2, 0.25) is 0 Å². The van der Waals surface area contributed by atoms with Crippen molar-refractivity contribution in [3.8, 4) is 5.75 Å². The molecular weight excluding hydrogens is 264 g/mol. The van der Waals surface area contributed by atoms with Crippen molar-refractivity contribution >= 4 is 11.5 Å². The summed E-state index contributed by atoms with van der Waals surface area (Å²) in [7, 11) is 5.91. The van der Waals surface area contributed by atoms with Crippen molar-refractivity contribution < 1.29 is 9.53 Å². The van der Waals surface area contributed by atoms with Crippen LogP contribution in [0.4, 0.5) is 5.69 Å². The van der Waals surface area contributed by atoms with Gasteiger partial charge in [-0.15, -0.1) is 0 Å². The molecule has 2 aromatic rings. The first-order valence-corrected chi connectivity index (χ1v) is 6.96. The molecule has 0 saturated carbocycles. The number of aryl methyl sites for hydroxylation is 1. The van der Waals surface area contributed by atoms with E-state index in [0.717, 1.165) is 22.6 Å². The Morgan fingerprint density at radius 1 is 1.24 bits per heavy atom. The topological polar surface area (TPSA) is 34.5 Å². The minimum absolute atomic E-state index is 0.00598. The number of ketones is 1. The smallest absolute Gasteiger partial charge is 0.202 e. The van der Waals surface area contributed by atoms with E-state index in [9.17, 15) is 4.79 Å². The number of aromatic nitrogens is 1. The number of ether oxygens (including phenoxy) is 1. The fourth-order valence-corrected chi connectivity index (χ4v) is 2.22. The summed E-state index contributed by atoms with van der Waals surface area (Å²) in [6.07, 6.45) is 0. The molecule has 0 amide bonds. The van der Waals surface area contributed by atoms with E-state index < -0.39 is 0 Å². The summed E-state index contributed by atoms with van der Waals surface area (Å²) in [5.74, 6) is 0.714. The van der Waals surface area contributed by atoms with Crippen LogP contribution < -0.4 is 9.64 Å². The summed E-state index contributed by atoms with van der Waals surface area (Å²) in [6.45, 7) is 4.00. The number of carbonyl (C=O) groups excluding carboxylic acids is 1. The molecule has 0 bridgehead atoms. The molecule has 4 nitrogen and oxygen atoms in total. The molecule has 1 aromatic carbocycles. The van der Waals surface area contributed by atoms with E-state index in [-0.39, 0.29) is 12.4 Å². The number of carbonyl (C=O) groups is 1. The molecule has 0 aliphatic carbocycles. The molecule has 1 aromatic heterocycles. The maximum absolute atomic E-state index is 12.3. The fraction of sp³-hybridized carbons (Fsp3) is 0.353. The first-order valence-electron chi connectivity index (χ1n) is 6.96. The monoisotopic (exact) mass is 286 g/mol. The van der Waals surface area contributed by atoms with E-state index in [2.05, 4.69) is 0 Å². The molecule has 1 heterocycles. The molecule has 112 valence electrons. The average molecular weight is 286 g/mol. The number of Topliss-reactive ketones (excluding diaryl/α,β-unsaturated/α-hetero) is 1. The highest BCUT2D eigenvalue weighted by molar-refractivity contribution is 5.98. The summed E-state index contributed by atoms with van der Waals surface area (Å²) in [4.78, 5) is 14.3. The highest BCUT2D eigenvalue weighted by atomic mass is 16.5. The molecule has 0 unspecified atom stereocenters. The van der Waals surface area contributed by atoms with E-state index >= 15 is 0 Å². The van der Waals surface area contributed by atoms with Gasteiger partial charge in [0.05, 0.1) is 0 Å². The van der Waals surface area contributed by atoms with Gasteiger partial charge in [-0.25, -0.2) is 0 Å². The van der Waals surface area contributed by atoms with E-state index in [1.54, 1.807) is 0 Å². The molecule has 0 fully saturated rings. The highest BCUT2D eigenvalue weighted by Gasteiger charge is 2.14. The quantitative estimate of drug-likeness (QED) is 0.793. The Hall–Kier alpha value is -2.23. The van der Waals surface area contributed by atoms with Crippen molar-refractivity contribution in [2.45, 2.75) is 13.8 Å². The fourth-order valence-electron chi connectivity index (χ4n) is 2.22. The number of benzene rings is 1. The Labute approximate surface area is 125 Å². The SMILES string of the molecule is Cc1cc(C(=O)COc2cccc(N(C)C)c2)c(C)n1C. The third kappa shape index (κ3) is 3.27. The minimum atomic E-state index is 0.00598. The van der Waals surface area contributed by atoms with Gasteiger partial charge in [-0.3, -0.25) is 4.79 Å². The number of nitrogens with zero attached hydrogens (tertiary/aromatic N) is 2. The van der Waals surface area contributed by atoms with Gasteiger partial charge in [0.1, 0.15) is 5.75 Å². The predicted molar refractivity (Wildman–Crippen MR) is 85.5 cm³/mol. The van der Waals surface area contributed by atoms with Gasteiger partial charge in [0.2, 0.25) is 5.78 Å². The lowest BCUT2D eigenvalue weighted by Crippen LogP contribution is -2.13. The van der Waals surface area contributed by atoms with Crippen LogP contribution in [0.3, 0.4) is 0 Å². The van der Waals surface area contributed by atoms with E-state index in [0.29, 0.717) is 5.75 Å². The second-order valence-corrected chi connectivity index (χ2v) is 5.45. The third-order valence-corrected chi connectivity index (χ3v) is 3.78. The summed E-state index contributed by atoms with van der Waals surface area (Å²) < 4.78 is 7.65. The van der Waals surface area contributed by atoms with Crippen LogP contribution in [0.15, 0.2) is 30.3 Å². The Balaban J connectivity index is 2.07. The summed E-state index contributed by atoms with van der Waals surface area (Å²) >= 11 is 0. The van der Waals surface area contributed by atoms with Crippen LogP contribution in [-0.4, -0.2) is 31.1 Å². The van der Waals surface area contributed by atoms with Gasteiger partial charge in [-0.2, -0.15) is 0 Å². The third-order valence-electron chi connectivity index (χ3n) is 3.78. The molecule has 0 saturated heterocycles. The molecule has 0 radical (unpaired) electrons. The van der Waals surface area contributed by atoms with Crippen LogP contribution in [-0.2, 0) is 7.05 Å². The first kappa shape index (κ1) is 15.2. The van der Waals surface area contributed by atoms with Crippen LogP contribution in [0, 0.1) is 13.8 Å². The molecule has 4 heteroatoms. The number of anilines is 1. The van der Waals surface area contributed by atoms with E-state index in [1.807, 2.05) is 74.8 Å². The maximum Gasteiger partial charge on any atom is 0.202 e. The van der Waals surface area contributed by atoms with Gasteiger partial charge in [-0.1, -0.05) is 6.07 Å². The molecule has 0 aliphatic rings. The van der Waals surface area contributed by atoms with E-state index in [1.165, 1.54) is 0 Å². The zero-order chi connectivity index (χ0) is 15.6. The summed E-state index contributed by atoms with van der Waals surface area (Å²) in [5.41, 5.74) is 3.83. The van der Waals surface area contributed by atoms with Gasteiger partial charge < -0.3 is 14.2 Å². The van der Waals surface area contributed by atoms with Crippen molar-refractivity contribution in [3.05, 3.63) is 47.3 Å². The lowest BCUT2D eigenvalue weighted by Gasteiger charge is -2.13. The molecule has 0 spiro atoms. The zero-order valence-electron chi connectivity index (χ0n) is 13.3. The van der Waals surface area contributed by atoms with Gasteiger partial charge in [0, 0.05) is 49.8 Å². The lowest BCUT2D eigenvalue weighted by molar-refractivity contribution is 0.0921. The van der Waals surface area contributed by atoms with Crippen LogP contribution >= 0.6 is 0 Å². The Bertz CT molecular complexity index is 657. The maximum atomic E-state index is 12.3. The normalized spacial score (nSPS) is 10.5. The van der Waals surface area contributed by atoms with E-state index in [4.69, 9.17) is 4.74 Å². The highest BCUT2D eigenvalue weighted by Crippen LogP contribution is 2.20. The minimum Gasteiger partial charge on any atom is -0.485 e. The molecular formula is C17H22N2O2. The Morgan fingerprint density at radius 2 is 1.95 bits per heavy atom. The number of hydrogen-bond acceptors (Lipinski definition) is 3. The van der Waals surface area contributed by atoms with Crippen molar-refractivity contribution in [1.82, 2.24) is 4.57 Å². The molecule has 0 N–H and O–H groups in total.